The number of amides is 1. The number of nitrogens with zero attached hydrogens (tertiary/aromatic N) is 1. The summed E-state index contributed by atoms with van der Waals surface area (Å²) in [4.78, 5) is 14.1. The zero-order valence-electron chi connectivity index (χ0n) is 12.6. The van der Waals surface area contributed by atoms with Gasteiger partial charge in [0, 0.05) is 20.1 Å². The first-order valence-corrected chi connectivity index (χ1v) is 7.00. The molecule has 0 spiro atoms. The molecular weight excluding hydrogens is 236 g/mol. The second-order valence-corrected chi connectivity index (χ2v) is 5.35. The van der Waals surface area contributed by atoms with Crippen LogP contribution < -0.4 is 5.73 Å². The molecule has 3 heteroatoms. The van der Waals surface area contributed by atoms with Crippen molar-refractivity contribution in [3.8, 4) is 0 Å². The Morgan fingerprint density at radius 2 is 2.05 bits per heavy atom. The molecule has 2 N–H and O–H groups in total. The molecule has 0 radical (unpaired) electrons. The van der Waals surface area contributed by atoms with Gasteiger partial charge >= 0.3 is 0 Å². The van der Waals surface area contributed by atoms with E-state index in [1.165, 1.54) is 16.7 Å². The molecule has 106 valence electrons. The molecular formula is C16H26N2O. The van der Waals surface area contributed by atoms with Crippen LogP contribution in [0.3, 0.4) is 0 Å². The third-order valence-electron chi connectivity index (χ3n) is 3.55. The lowest BCUT2D eigenvalue weighted by Crippen LogP contribution is -2.36. The molecule has 0 aliphatic rings. The standard InChI is InChI=1S/C16H26N2O/c1-5-6-14(10-17)16(19)18(4)11-15-8-7-12(2)9-13(15)3/h7-9,14H,5-6,10-11,17H2,1-4H3. The number of benzene rings is 1. The van der Waals surface area contributed by atoms with Gasteiger partial charge in [0.05, 0.1) is 5.92 Å². The Kier molecular flexibility index (Phi) is 6.03. The lowest BCUT2D eigenvalue weighted by atomic mass is 10.0. The van der Waals surface area contributed by atoms with Crippen molar-refractivity contribution in [2.75, 3.05) is 13.6 Å². The fourth-order valence-corrected chi connectivity index (χ4v) is 2.36. The van der Waals surface area contributed by atoms with E-state index in [1.54, 1.807) is 4.90 Å². The van der Waals surface area contributed by atoms with Crippen molar-refractivity contribution in [2.24, 2.45) is 11.7 Å². The predicted octanol–water partition coefficient (Wildman–Crippen LogP) is 2.64. The highest BCUT2D eigenvalue weighted by Crippen LogP contribution is 2.15. The summed E-state index contributed by atoms with van der Waals surface area (Å²) in [5.41, 5.74) is 9.38. The van der Waals surface area contributed by atoms with Gasteiger partial charge in [-0.1, -0.05) is 37.1 Å². The van der Waals surface area contributed by atoms with Gasteiger partial charge in [0.2, 0.25) is 5.91 Å². The van der Waals surface area contributed by atoms with E-state index in [1.807, 2.05) is 7.05 Å². The maximum absolute atomic E-state index is 12.3. The molecule has 0 bridgehead atoms. The van der Waals surface area contributed by atoms with Crippen LogP contribution in [0.2, 0.25) is 0 Å². The van der Waals surface area contributed by atoms with Crippen LogP contribution in [0, 0.1) is 19.8 Å². The monoisotopic (exact) mass is 262 g/mol. The Labute approximate surface area is 116 Å². The predicted molar refractivity (Wildman–Crippen MR) is 79.8 cm³/mol. The third-order valence-corrected chi connectivity index (χ3v) is 3.55. The average molecular weight is 262 g/mol. The first-order valence-electron chi connectivity index (χ1n) is 7.00. The molecule has 19 heavy (non-hydrogen) atoms. The van der Waals surface area contributed by atoms with Gasteiger partial charge in [-0.3, -0.25) is 4.79 Å². The summed E-state index contributed by atoms with van der Waals surface area (Å²) in [6.07, 6.45) is 1.86. The van der Waals surface area contributed by atoms with Gasteiger partial charge in [0.15, 0.2) is 0 Å². The molecule has 0 aliphatic heterocycles. The highest BCUT2D eigenvalue weighted by molar-refractivity contribution is 5.78. The van der Waals surface area contributed by atoms with Crippen LogP contribution in [0.15, 0.2) is 18.2 Å². The normalized spacial score (nSPS) is 12.3. The van der Waals surface area contributed by atoms with Gasteiger partial charge in [-0.15, -0.1) is 0 Å². The minimum atomic E-state index is -0.0410. The van der Waals surface area contributed by atoms with Crippen LogP contribution in [0.1, 0.15) is 36.5 Å². The summed E-state index contributed by atoms with van der Waals surface area (Å²) >= 11 is 0. The number of aryl methyl sites for hydroxylation is 2. The zero-order chi connectivity index (χ0) is 14.4. The molecule has 0 aromatic heterocycles. The summed E-state index contributed by atoms with van der Waals surface area (Å²) in [5, 5.41) is 0. The van der Waals surface area contributed by atoms with Crippen LogP contribution >= 0.6 is 0 Å². The van der Waals surface area contributed by atoms with Crippen LogP contribution in [-0.4, -0.2) is 24.4 Å². The van der Waals surface area contributed by atoms with Crippen LogP contribution in [0.5, 0.6) is 0 Å². The van der Waals surface area contributed by atoms with E-state index in [2.05, 4.69) is 39.0 Å². The number of nitrogens with two attached hydrogens (primary N) is 1. The number of carbonyl (C=O) groups is 1. The molecule has 1 atom stereocenters. The quantitative estimate of drug-likeness (QED) is 0.856. The summed E-state index contributed by atoms with van der Waals surface area (Å²) in [5.74, 6) is 0.116. The first-order chi connectivity index (χ1) is 8.99. The Morgan fingerprint density at radius 3 is 2.58 bits per heavy atom. The molecule has 1 aromatic carbocycles. The van der Waals surface area contributed by atoms with Gasteiger partial charge in [-0.2, -0.15) is 0 Å². The molecule has 3 nitrogen and oxygen atoms in total. The van der Waals surface area contributed by atoms with Crippen molar-refractivity contribution in [1.82, 2.24) is 4.90 Å². The molecule has 0 heterocycles. The number of hydrogen-bond acceptors (Lipinski definition) is 2. The average Bonchev–Trinajstić information content (AvgIpc) is 2.38. The lowest BCUT2D eigenvalue weighted by molar-refractivity contribution is -0.134. The van der Waals surface area contributed by atoms with Crippen molar-refractivity contribution < 1.29 is 4.79 Å². The van der Waals surface area contributed by atoms with E-state index in [9.17, 15) is 4.79 Å². The van der Waals surface area contributed by atoms with Crippen molar-refractivity contribution in [3.05, 3.63) is 34.9 Å². The van der Waals surface area contributed by atoms with Gasteiger partial charge < -0.3 is 10.6 Å². The molecule has 1 amide bonds. The van der Waals surface area contributed by atoms with E-state index in [-0.39, 0.29) is 11.8 Å². The molecule has 1 aromatic rings. The molecule has 0 saturated carbocycles. The van der Waals surface area contributed by atoms with Gasteiger partial charge in [-0.25, -0.2) is 0 Å². The van der Waals surface area contributed by atoms with E-state index >= 15 is 0 Å². The van der Waals surface area contributed by atoms with Crippen molar-refractivity contribution in [3.63, 3.8) is 0 Å². The number of hydrogen-bond donors (Lipinski definition) is 1. The van der Waals surface area contributed by atoms with Crippen molar-refractivity contribution >= 4 is 5.91 Å². The second kappa shape index (κ2) is 7.29. The maximum Gasteiger partial charge on any atom is 0.226 e. The van der Waals surface area contributed by atoms with Gasteiger partial charge in [0.25, 0.3) is 0 Å². The second-order valence-electron chi connectivity index (χ2n) is 5.35. The highest BCUT2D eigenvalue weighted by Gasteiger charge is 2.20. The number of carbonyl (C=O) groups excluding carboxylic acids is 1. The first kappa shape index (κ1) is 15.7. The molecule has 1 unspecified atom stereocenters. The molecule has 0 saturated heterocycles. The summed E-state index contributed by atoms with van der Waals surface area (Å²) < 4.78 is 0. The minimum Gasteiger partial charge on any atom is -0.341 e. The largest absolute Gasteiger partial charge is 0.341 e. The highest BCUT2D eigenvalue weighted by atomic mass is 16.2. The Bertz CT molecular complexity index is 429. The Morgan fingerprint density at radius 1 is 1.37 bits per heavy atom. The third kappa shape index (κ3) is 4.35. The van der Waals surface area contributed by atoms with E-state index < -0.39 is 0 Å². The van der Waals surface area contributed by atoms with E-state index in [0.29, 0.717) is 13.1 Å². The lowest BCUT2D eigenvalue weighted by Gasteiger charge is -2.23. The SMILES string of the molecule is CCCC(CN)C(=O)N(C)Cc1ccc(C)cc1C. The van der Waals surface area contributed by atoms with Crippen molar-refractivity contribution in [1.29, 1.82) is 0 Å². The Hall–Kier alpha value is -1.35. The summed E-state index contributed by atoms with van der Waals surface area (Å²) in [6.45, 7) is 7.35. The van der Waals surface area contributed by atoms with Gasteiger partial charge in [0.1, 0.15) is 0 Å². The minimum absolute atomic E-state index is 0.0410. The summed E-state index contributed by atoms with van der Waals surface area (Å²) in [7, 11) is 1.86. The fraction of sp³-hybridized carbons (Fsp3) is 0.562. The van der Waals surface area contributed by atoms with Crippen LogP contribution in [-0.2, 0) is 11.3 Å². The number of rotatable bonds is 6. The van der Waals surface area contributed by atoms with E-state index in [0.717, 1.165) is 12.8 Å². The zero-order valence-corrected chi connectivity index (χ0v) is 12.6. The molecule has 0 fully saturated rings. The smallest absolute Gasteiger partial charge is 0.226 e. The van der Waals surface area contributed by atoms with Crippen molar-refractivity contribution in [2.45, 2.75) is 40.2 Å². The molecule has 1 rings (SSSR count). The maximum atomic E-state index is 12.3. The Balaban J connectivity index is 2.72. The molecule has 0 aliphatic carbocycles. The van der Waals surface area contributed by atoms with Gasteiger partial charge in [-0.05, 0) is 31.4 Å². The van der Waals surface area contributed by atoms with Crippen LogP contribution in [0.25, 0.3) is 0 Å². The summed E-state index contributed by atoms with van der Waals surface area (Å²) in [6, 6.07) is 6.35. The van der Waals surface area contributed by atoms with E-state index in [4.69, 9.17) is 5.73 Å². The fourth-order valence-electron chi connectivity index (χ4n) is 2.36. The topological polar surface area (TPSA) is 46.3 Å². The van der Waals surface area contributed by atoms with Crippen LogP contribution in [0.4, 0.5) is 0 Å².